The van der Waals surface area contributed by atoms with Crippen molar-refractivity contribution in [3.05, 3.63) is 40.2 Å². The first-order valence-electron chi connectivity index (χ1n) is 12.0. The first kappa shape index (κ1) is 23.9. The molecule has 1 amide bonds. The lowest BCUT2D eigenvalue weighted by Crippen LogP contribution is -2.39. The monoisotopic (exact) mass is 474 g/mol. The average Bonchev–Trinajstić information content (AvgIpc) is 3.07. The van der Waals surface area contributed by atoms with Gasteiger partial charge in [-0.25, -0.2) is 8.42 Å². The van der Waals surface area contributed by atoms with Crippen LogP contribution >= 0.6 is 0 Å². The highest BCUT2D eigenvalue weighted by atomic mass is 32.2. The molecule has 2 N–H and O–H groups in total. The number of carbonyl (C=O) groups is 1. The van der Waals surface area contributed by atoms with Crippen LogP contribution < -0.4 is 10.9 Å². The third-order valence-electron chi connectivity index (χ3n) is 6.73. The topological polar surface area (TPSA) is 103 Å². The smallest absolute Gasteiger partial charge is 0.252 e. The molecule has 180 valence electrons. The fourth-order valence-electron chi connectivity index (χ4n) is 4.88. The zero-order valence-electron chi connectivity index (χ0n) is 19.3. The molecular formula is C24H34N4O4S. The molecule has 3 heterocycles. The Morgan fingerprint density at radius 1 is 1.09 bits per heavy atom. The number of carbonyl (C=O) groups excluding carboxylic acids is 1. The Morgan fingerprint density at radius 2 is 1.85 bits per heavy atom. The Kier molecular flexibility index (Phi) is 7.51. The standard InChI is InChI=1S/C24H34N4O4S/c1-18-7-6-13-28(17-18)33(31,32)19-8-9-22-20(15-19)21(16-23(29)26-22)24(30)25-10-14-27-11-4-2-3-5-12-27/h8-9,15-16,18H,2-7,10-14,17H2,1H3,(H,25,30)(H,26,29)/t18-/m1/s1. The quantitative estimate of drug-likeness (QED) is 0.670. The van der Waals surface area contributed by atoms with Crippen molar-refractivity contribution in [2.24, 2.45) is 5.92 Å². The number of H-pyrrole nitrogens is 1. The molecule has 0 saturated carbocycles. The number of hydrogen-bond donors (Lipinski definition) is 2. The van der Waals surface area contributed by atoms with Gasteiger partial charge in [0.25, 0.3) is 5.91 Å². The number of rotatable bonds is 6. The van der Waals surface area contributed by atoms with E-state index in [0.29, 0.717) is 36.5 Å². The highest BCUT2D eigenvalue weighted by molar-refractivity contribution is 7.89. The third kappa shape index (κ3) is 5.65. The summed E-state index contributed by atoms with van der Waals surface area (Å²) in [6, 6.07) is 5.85. The largest absolute Gasteiger partial charge is 0.351 e. The van der Waals surface area contributed by atoms with Gasteiger partial charge in [-0.3, -0.25) is 9.59 Å². The summed E-state index contributed by atoms with van der Waals surface area (Å²) < 4.78 is 28.0. The number of piperidine rings is 1. The second-order valence-electron chi connectivity index (χ2n) is 9.38. The predicted molar refractivity (Wildman–Crippen MR) is 129 cm³/mol. The molecule has 0 radical (unpaired) electrons. The minimum atomic E-state index is -3.67. The van der Waals surface area contributed by atoms with Crippen LogP contribution in [0.5, 0.6) is 0 Å². The summed E-state index contributed by atoms with van der Waals surface area (Å²) in [5.74, 6) is -0.0436. The molecule has 2 aliphatic rings. The van der Waals surface area contributed by atoms with E-state index < -0.39 is 10.0 Å². The molecule has 0 spiro atoms. The van der Waals surface area contributed by atoms with Crippen molar-refractivity contribution in [1.82, 2.24) is 19.5 Å². The number of nitrogens with zero attached hydrogens (tertiary/aromatic N) is 2. The van der Waals surface area contributed by atoms with Crippen molar-refractivity contribution < 1.29 is 13.2 Å². The van der Waals surface area contributed by atoms with Gasteiger partial charge in [0.1, 0.15) is 0 Å². The van der Waals surface area contributed by atoms with Gasteiger partial charge in [0, 0.05) is 43.1 Å². The van der Waals surface area contributed by atoms with Crippen LogP contribution in [0, 0.1) is 5.92 Å². The molecule has 1 aromatic carbocycles. The summed E-state index contributed by atoms with van der Waals surface area (Å²) in [7, 11) is -3.67. The number of pyridine rings is 1. The summed E-state index contributed by atoms with van der Waals surface area (Å²) in [5.41, 5.74) is 0.264. The van der Waals surface area contributed by atoms with E-state index in [1.807, 2.05) is 0 Å². The highest BCUT2D eigenvalue weighted by Gasteiger charge is 2.29. The van der Waals surface area contributed by atoms with Crippen LogP contribution in [0.4, 0.5) is 0 Å². The third-order valence-corrected chi connectivity index (χ3v) is 8.59. The molecule has 4 rings (SSSR count). The average molecular weight is 475 g/mol. The van der Waals surface area contributed by atoms with E-state index in [1.165, 1.54) is 48.2 Å². The second kappa shape index (κ2) is 10.4. The Bertz CT molecular complexity index is 1150. The van der Waals surface area contributed by atoms with Crippen molar-refractivity contribution in [2.75, 3.05) is 39.3 Å². The van der Waals surface area contributed by atoms with Crippen LogP contribution in [0.15, 0.2) is 34.0 Å². The molecular weight excluding hydrogens is 440 g/mol. The second-order valence-corrected chi connectivity index (χ2v) is 11.3. The Balaban J connectivity index is 1.56. The molecule has 2 aromatic rings. The SMILES string of the molecule is C[C@@H]1CCCN(S(=O)(=O)c2ccc3[nH]c(=O)cc(C(=O)NCCN4CCCCCC4)c3c2)C1. The van der Waals surface area contributed by atoms with Crippen LogP contribution in [0.3, 0.4) is 0 Å². The Morgan fingerprint density at radius 3 is 2.58 bits per heavy atom. The lowest BCUT2D eigenvalue weighted by atomic mass is 10.0. The lowest BCUT2D eigenvalue weighted by Gasteiger charge is -2.30. The van der Waals surface area contributed by atoms with Gasteiger partial charge in [0.05, 0.1) is 10.5 Å². The first-order chi connectivity index (χ1) is 15.8. The van der Waals surface area contributed by atoms with E-state index in [0.717, 1.165) is 32.5 Å². The van der Waals surface area contributed by atoms with Crippen molar-refractivity contribution in [1.29, 1.82) is 0 Å². The number of amides is 1. The molecule has 0 bridgehead atoms. The molecule has 9 heteroatoms. The normalized spacial score (nSPS) is 21.1. The molecule has 1 aromatic heterocycles. The highest BCUT2D eigenvalue weighted by Crippen LogP contribution is 2.26. The summed E-state index contributed by atoms with van der Waals surface area (Å²) in [6.45, 7) is 6.38. The van der Waals surface area contributed by atoms with Crippen molar-refractivity contribution >= 4 is 26.8 Å². The number of aromatic nitrogens is 1. The summed E-state index contributed by atoms with van der Waals surface area (Å²) >= 11 is 0. The van der Waals surface area contributed by atoms with Gasteiger partial charge in [0.2, 0.25) is 15.6 Å². The van der Waals surface area contributed by atoms with E-state index in [2.05, 4.69) is 22.1 Å². The molecule has 1 atom stereocenters. The van der Waals surface area contributed by atoms with Gasteiger partial charge >= 0.3 is 0 Å². The van der Waals surface area contributed by atoms with Gasteiger partial charge < -0.3 is 15.2 Å². The molecule has 0 unspecified atom stereocenters. The number of sulfonamides is 1. The molecule has 33 heavy (non-hydrogen) atoms. The predicted octanol–water partition coefficient (Wildman–Crippen LogP) is 2.55. The number of fused-ring (bicyclic) bond motifs is 1. The number of hydrogen-bond acceptors (Lipinski definition) is 5. The van der Waals surface area contributed by atoms with Gasteiger partial charge in [-0.2, -0.15) is 4.31 Å². The van der Waals surface area contributed by atoms with Gasteiger partial charge in [0.15, 0.2) is 0 Å². The van der Waals surface area contributed by atoms with Crippen molar-refractivity contribution in [2.45, 2.75) is 50.3 Å². The van der Waals surface area contributed by atoms with Gasteiger partial charge in [-0.05, 0) is 62.9 Å². The van der Waals surface area contributed by atoms with Crippen molar-refractivity contribution in [3.63, 3.8) is 0 Å². The minimum Gasteiger partial charge on any atom is -0.351 e. The maximum atomic E-state index is 13.2. The maximum Gasteiger partial charge on any atom is 0.252 e. The molecule has 8 nitrogen and oxygen atoms in total. The van der Waals surface area contributed by atoms with E-state index in [-0.39, 0.29) is 21.9 Å². The van der Waals surface area contributed by atoms with Crippen molar-refractivity contribution in [3.8, 4) is 0 Å². The van der Waals surface area contributed by atoms with E-state index in [1.54, 1.807) is 6.07 Å². The maximum absolute atomic E-state index is 13.2. The zero-order valence-corrected chi connectivity index (χ0v) is 20.1. The fourth-order valence-corrected chi connectivity index (χ4v) is 6.50. The van der Waals surface area contributed by atoms with Crippen LogP contribution in [0.25, 0.3) is 10.9 Å². The number of aromatic amines is 1. The zero-order chi connectivity index (χ0) is 23.4. The molecule has 2 saturated heterocycles. The van der Waals surface area contributed by atoms with Crippen LogP contribution in [-0.2, 0) is 10.0 Å². The molecule has 0 aliphatic carbocycles. The first-order valence-corrected chi connectivity index (χ1v) is 13.5. The summed E-state index contributed by atoms with van der Waals surface area (Å²) in [4.78, 5) is 30.4. The van der Waals surface area contributed by atoms with Gasteiger partial charge in [-0.1, -0.05) is 19.8 Å². The molecule has 2 fully saturated rings. The number of nitrogens with one attached hydrogen (secondary N) is 2. The minimum absolute atomic E-state index is 0.148. The number of likely N-dealkylation sites (tertiary alicyclic amines) is 1. The summed E-state index contributed by atoms with van der Waals surface area (Å²) in [5, 5.41) is 3.36. The number of benzene rings is 1. The van der Waals surface area contributed by atoms with E-state index >= 15 is 0 Å². The van der Waals surface area contributed by atoms with Crippen LogP contribution in [-0.4, -0.2) is 67.8 Å². The molecule has 2 aliphatic heterocycles. The van der Waals surface area contributed by atoms with Crippen LogP contribution in [0.2, 0.25) is 0 Å². The summed E-state index contributed by atoms with van der Waals surface area (Å²) in [6.07, 6.45) is 6.73. The van der Waals surface area contributed by atoms with Crippen LogP contribution in [0.1, 0.15) is 55.8 Å². The van der Waals surface area contributed by atoms with Gasteiger partial charge in [-0.15, -0.1) is 0 Å². The Hall–Kier alpha value is -2.23. The van der Waals surface area contributed by atoms with E-state index in [9.17, 15) is 18.0 Å². The fraction of sp³-hybridized carbons (Fsp3) is 0.583. The Labute approximate surface area is 195 Å². The van der Waals surface area contributed by atoms with E-state index in [4.69, 9.17) is 0 Å². The lowest BCUT2D eigenvalue weighted by molar-refractivity contribution is 0.0950.